The minimum atomic E-state index is -0.368. The van der Waals surface area contributed by atoms with Gasteiger partial charge in [-0.1, -0.05) is 34.6 Å². The lowest BCUT2D eigenvalue weighted by Crippen LogP contribution is -2.29. The number of carbonyl (C=O) groups excluding carboxylic acids is 2. The predicted molar refractivity (Wildman–Crippen MR) is 62.7 cm³/mol. The molecular formula is C13H24O2. The molecule has 0 aromatic heterocycles. The van der Waals surface area contributed by atoms with Crippen LogP contribution in [0.25, 0.3) is 0 Å². The Kier molecular flexibility index (Phi) is 6.46. The highest BCUT2D eigenvalue weighted by Gasteiger charge is 2.28. The van der Waals surface area contributed by atoms with Crippen molar-refractivity contribution in [2.75, 3.05) is 0 Å². The van der Waals surface area contributed by atoms with Gasteiger partial charge in [0.1, 0.15) is 11.6 Å². The summed E-state index contributed by atoms with van der Waals surface area (Å²) in [5.41, 5.74) is 0. The highest BCUT2D eigenvalue weighted by molar-refractivity contribution is 6.02. The monoisotopic (exact) mass is 212 g/mol. The SMILES string of the molecule is CCCC(=O)C(C(=O)CC(C)C)C(C)C. The lowest BCUT2D eigenvalue weighted by molar-refractivity contribution is -0.135. The van der Waals surface area contributed by atoms with E-state index in [0.717, 1.165) is 6.42 Å². The van der Waals surface area contributed by atoms with E-state index in [-0.39, 0.29) is 23.4 Å². The topological polar surface area (TPSA) is 34.1 Å². The van der Waals surface area contributed by atoms with Crippen LogP contribution in [0.15, 0.2) is 0 Å². The standard InChI is InChI=1S/C13H24O2/c1-6-7-11(14)13(10(4)5)12(15)8-9(2)3/h9-10,13H,6-8H2,1-5H3. The van der Waals surface area contributed by atoms with Gasteiger partial charge in [-0.25, -0.2) is 0 Å². The van der Waals surface area contributed by atoms with Crippen molar-refractivity contribution in [2.24, 2.45) is 17.8 Å². The summed E-state index contributed by atoms with van der Waals surface area (Å²) in [5.74, 6) is 0.354. The molecule has 0 aliphatic rings. The summed E-state index contributed by atoms with van der Waals surface area (Å²) in [7, 11) is 0. The fourth-order valence-electron chi connectivity index (χ4n) is 1.85. The maximum atomic E-state index is 11.9. The first-order chi connectivity index (χ1) is 6.90. The van der Waals surface area contributed by atoms with Crippen LogP contribution in [0, 0.1) is 17.8 Å². The van der Waals surface area contributed by atoms with Crippen molar-refractivity contribution in [2.45, 2.75) is 53.9 Å². The van der Waals surface area contributed by atoms with Crippen molar-refractivity contribution in [3.8, 4) is 0 Å². The Morgan fingerprint density at radius 1 is 1.00 bits per heavy atom. The molecular weight excluding hydrogens is 188 g/mol. The van der Waals surface area contributed by atoms with Crippen LogP contribution in [0.2, 0.25) is 0 Å². The molecule has 0 aromatic carbocycles. The van der Waals surface area contributed by atoms with Crippen LogP contribution in [0.1, 0.15) is 53.9 Å². The molecule has 2 heteroatoms. The van der Waals surface area contributed by atoms with Gasteiger partial charge in [-0.2, -0.15) is 0 Å². The van der Waals surface area contributed by atoms with Crippen LogP contribution in [0.3, 0.4) is 0 Å². The largest absolute Gasteiger partial charge is 0.299 e. The van der Waals surface area contributed by atoms with Crippen molar-refractivity contribution < 1.29 is 9.59 Å². The summed E-state index contributed by atoms with van der Waals surface area (Å²) in [6.07, 6.45) is 1.89. The van der Waals surface area contributed by atoms with Gasteiger partial charge in [-0.3, -0.25) is 9.59 Å². The van der Waals surface area contributed by atoms with Crippen LogP contribution >= 0.6 is 0 Å². The molecule has 1 unspecified atom stereocenters. The third-order valence-electron chi connectivity index (χ3n) is 2.47. The van der Waals surface area contributed by atoms with Crippen LogP contribution in [0.5, 0.6) is 0 Å². The summed E-state index contributed by atoms with van der Waals surface area (Å²) in [5, 5.41) is 0. The summed E-state index contributed by atoms with van der Waals surface area (Å²) in [6.45, 7) is 9.91. The van der Waals surface area contributed by atoms with Gasteiger partial charge >= 0.3 is 0 Å². The second-order valence-electron chi connectivity index (χ2n) is 5.00. The smallest absolute Gasteiger partial charge is 0.143 e. The van der Waals surface area contributed by atoms with Gasteiger partial charge in [0.05, 0.1) is 5.92 Å². The van der Waals surface area contributed by atoms with E-state index < -0.39 is 0 Å². The van der Waals surface area contributed by atoms with E-state index in [4.69, 9.17) is 0 Å². The molecule has 0 heterocycles. The van der Waals surface area contributed by atoms with E-state index in [1.165, 1.54) is 0 Å². The highest BCUT2D eigenvalue weighted by atomic mass is 16.1. The minimum absolute atomic E-state index is 0.123. The van der Waals surface area contributed by atoms with Crippen molar-refractivity contribution >= 4 is 11.6 Å². The summed E-state index contributed by atoms with van der Waals surface area (Å²) in [4.78, 5) is 23.7. The number of ketones is 2. The van der Waals surface area contributed by atoms with E-state index in [0.29, 0.717) is 18.8 Å². The first kappa shape index (κ1) is 14.3. The first-order valence-corrected chi connectivity index (χ1v) is 5.95. The highest BCUT2D eigenvalue weighted by Crippen LogP contribution is 2.19. The molecule has 0 aliphatic heterocycles. The quantitative estimate of drug-likeness (QED) is 0.607. The Morgan fingerprint density at radius 2 is 1.53 bits per heavy atom. The first-order valence-electron chi connectivity index (χ1n) is 5.95. The predicted octanol–water partition coefficient (Wildman–Crippen LogP) is 3.24. The summed E-state index contributed by atoms with van der Waals surface area (Å²) in [6, 6.07) is 0. The molecule has 0 bridgehead atoms. The van der Waals surface area contributed by atoms with Crippen LogP contribution in [-0.4, -0.2) is 11.6 Å². The van der Waals surface area contributed by atoms with E-state index in [9.17, 15) is 9.59 Å². The van der Waals surface area contributed by atoms with Gasteiger partial charge in [0.15, 0.2) is 0 Å². The van der Waals surface area contributed by atoms with Crippen molar-refractivity contribution in [1.29, 1.82) is 0 Å². The molecule has 2 nitrogen and oxygen atoms in total. The molecule has 0 radical (unpaired) electrons. The molecule has 0 aliphatic carbocycles. The third kappa shape index (κ3) is 5.10. The second kappa shape index (κ2) is 6.76. The lowest BCUT2D eigenvalue weighted by Gasteiger charge is -2.19. The number of Topliss-reactive ketones (excluding diaryl/α,β-unsaturated/α-hetero) is 2. The number of hydrogen-bond donors (Lipinski definition) is 0. The van der Waals surface area contributed by atoms with Crippen LogP contribution < -0.4 is 0 Å². The Hall–Kier alpha value is -0.660. The van der Waals surface area contributed by atoms with Gasteiger partial charge in [-0.15, -0.1) is 0 Å². The maximum Gasteiger partial charge on any atom is 0.143 e. The second-order valence-corrected chi connectivity index (χ2v) is 5.00. The molecule has 0 rings (SSSR count). The van der Waals surface area contributed by atoms with Gasteiger partial charge < -0.3 is 0 Å². The van der Waals surface area contributed by atoms with E-state index in [1.54, 1.807) is 0 Å². The normalized spacial score (nSPS) is 13.3. The average Bonchev–Trinajstić information content (AvgIpc) is 2.01. The van der Waals surface area contributed by atoms with Gasteiger partial charge in [-0.05, 0) is 18.3 Å². The van der Waals surface area contributed by atoms with Crippen molar-refractivity contribution in [3.63, 3.8) is 0 Å². The Morgan fingerprint density at radius 3 is 1.87 bits per heavy atom. The van der Waals surface area contributed by atoms with E-state index in [2.05, 4.69) is 0 Å². The van der Waals surface area contributed by atoms with Crippen LogP contribution in [-0.2, 0) is 9.59 Å². The molecule has 0 amide bonds. The lowest BCUT2D eigenvalue weighted by atomic mass is 9.83. The van der Waals surface area contributed by atoms with E-state index >= 15 is 0 Å². The molecule has 0 aromatic rings. The maximum absolute atomic E-state index is 11.9. The zero-order chi connectivity index (χ0) is 12.0. The molecule has 0 spiro atoms. The summed E-state index contributed by atoms with van der Waals surface area (Å²) < 4.78 is 0. The molecule has 88 valence electrons. The van der Waals surface area contributed by atoms with Gasteiger partial charge in [0.2, 0.25) is 0 Å². The Labute approximate surface area is 93.4 Å². The molecule has 1 atom stereocenters. The fourth-order valence-corrected chi connectivity index (χ4v) is 1.85. The number of carbonyl (C=O) groups is 2. The third-order valence-corrected chi connectivity index (χ3v) is 2.47. The van der Waals surface area contributed by atoms with Crippen molar-refractivity contribution in [1.82, 2.24) is 0 Å². The molecule has 0 N–H and O–H groups in total. The molecule has 0 saturated heterocycles. The van der Waals surface area contributed by atoms with Crippen LogP contribution in [0.4, 0.5) is 0 Å². The molecule has 0 fully saturated rings. The number of hydrogen-bond acceptors (Lipinski definition) is 2. The Bertz CT molecular complexity index is 217. The van der Waals surface area contributed by atoms with E-state index in [1.807, 2.05) is 34.6 Å². The average molecular weight is 212 g/mol. The molecule has 15 heavy (non-hydrogen) atoms. The zero-order valence-electron chi connectivity index (χ0n) is 10.7. The minimum Gasteiger partial charge on any atom is -0.299 e. The van der Waals surface area contributed by atoms with Gasteiger partial charge in [0.25, 0.3) is 0 Å². The number of rotatable bonds is 7. The van der Waals surface area contributed by atoms with Crippen molar-refractivity contribution in [3.05, 3.63) is 0 Å². The Balaban J connectivity index is 4.52. The zero-order valence-corrected chi connectivity index (χ0v) is 10.7. The molecule has 0 saturated carbocycles. The van der Waals surface area contributed by atoms with Gasteiger partial charge in [0, 0.05) is 12.8 Å². The fraction of sp³-hybridized carbons (Fsp3) is 0.846. The summed E-state index contributed by atoms with van der Waals surface area (Å²) >= 11 is 0.